The summed E-state index contributed by atoms with van der Waals surface area (Å²) in [7, 11) is 6.76. The number of carbonyl (C=O) groups excluding carboxylic acids is 2. The van der Waals surface area contributed by atoms with Crippen molar-refractivity contribution >= 4 is 28.7 Å². The molecule has 0 saturated carbocycles. The number of anilines is 1. The minimum absolute atomic E-state index is 0.0690. The van der Waals surface area contributed by atoms with Crippen molar-refractivity contribution in [2.75, 3.05) is 33.6 Å². The summed E-state index contributed by atoms with van der Waals surface area (Å²) in [6.45, 7) is 3.07. The fourth-order valence-electron chi connectivity index (χ4n) is 3.22. The Labute approximate surface area is 176 Å². The zero-order valence-corrected chi connectivity index (χ0v) is 18.0. The smallest absolute Gasteiger partial charge is 0.321 e. The van der Waals surface area contributed by atoms with Crippen molar-refractivity contribution in [3.63, 3.8) is 0 Å². The molecule has 1 aromatic heterocycles. The van der Waals surface area contributed by atoms with Gasteiger partial charge in [-0.2, -0.15) is 0 Å². The molecule has 0 bridgehead atoms. The van der Waals surface area contributed by atoms with Crippen LogP contribution in [0.5, 0.6) is 5.75 Å². The number of fused-ring (bicyclic) bond motifs is 1. The third-order valence-electron chi connectivity index (χ3n) is 4.86. The minimum Gasteiger partial charge on any atom is -0.497 e. The third kappa shape index (κ3) is 4.37. The first-order valence-corrected chi connectivity index (χ1v) is 9.71. The average molecular weight is 409 g/mol. The standard InChI is InChI=1S/C22H27N5O3/c1-6-27-19-12-7-15(21(28)25(2)3)13-18(19)24-20(27)14-26(4)22(29)23-16-8-10-17(30-5)11-9-16/h7-13H,6,14H2,1-5H3,(H,23,29). The second kappa shape index (κ2) is 8.86. The first-order chi connectivity index (χ1) is 14.3. The Morgan fingerprint density at radius 2 is 1.80 bits per heavy atom. The van der Waals surface area contributed by atoms with Crippen molar-refractivity contribution in [3.8, 4) is 5.75 Å². The summed E-state index contributed by atoms with van der Waals surface area (Å²) < 4.78 is 7.19. The van der Waals surface area contributed by atoms with E-state index in [4.69, 9.17) is 9.72 Å². The predicted octanol–water partition coefficient (Wildman–Crippen LogP) is 3.43. The maximum atomic E-state index is 12.6. The van der Waals surface area contributed by atoms with Gasteiger partial charge in [0, 0.05) is 38.9 Å². The molecule has 8 heteroatoms. The lowest BCUT2D eigenvalue weighted by Crippen LogP contribution is -2.31. The Kier molecular flexibility index (Phi) is 6.25. The van der Waals surface area contributed by atoms with Gasteiger partial charge < -0.3 is 24.4 Å². The van der Waals surface area contributed by atoms with E-state index in [9.17, 15) is 9.59 Å². The van der Waals surface area contributed by atoms with Crippen LogP contribution in [-0.4, -0.2) is 59.5 Å². The highest BCUT2D eigenvalue weighted by Crippen LogP contribution is 2.20. The van der Waals surface area contributed by atoms with E-state index >= 15 is 0 Å². The highest BCUT2D eigenvalue weighted by atomic mass is 16.5. The maximum absolute atomic E-state index is 12.6. The van der Waals surface area contributed by atoms with E-state index in [1.807, 2.05) is 19.1 Å². The van der Waals surface area contributed by atoms with Gasteiger partial charge in [0.2, 0.25) is 0 Å². The molecular weight excluding hydrogens is 382 g/mol. The van der Waals surface area contributed by atoms with Gasteiger partial charge in [0.1, 0.15) is 11.6 Å². The molecule has 0 aliphatic heterocycles. The van der Waals surface area contributed by atoms with E-state index in [0.29, 0.717) is 24.3 Å². The van der Waals surface area contributed by atoms with Crippen LogP contribution in [0.1, 0.15) is 23.1 Å². The largest absolute Gasteiger partial charge is 0.497 e. The molecule has 30 heavy (non-hydrogen) atoms. The first-order valence-electron chi connectivity index (χ1n) is 9.71. The van der Waals surface area contributed by atoms with E-state index in [-0.39, 0.29) is 11.9 Å². The number of benzene rings is 2. The summed E-state index contributed by atoms with van der Waals surface area (Å²) in [4.78, 5) is 32.7. The highest BCUT2D eigenvalue weighted by Gasteiger charge is 2.17. The van der Waals surface area contributed by atoms with Crippen LogP contribution in [0.4, 0.5) is 10.5 Å². The van der Waals surface area contributed by atoms with Gasteiger partial charge in [-0.3, -0.25) is 4.79 Å². The second-order valence-corrected chi connectivity index (χ2v) is 7.19. The lowest BCUT2D eigenvalue weighted by atomic mass is 10.2. The van der Waals surface area contributed by atoms with E-state index in [2.05, 4.69) is 9.88 Å². The van der Waals surface area contributed by atoms with Crippen LogP contribution in [0.25, 0.3) is 11.0 Å². The lowest BCUT2D eigenvalue weighted by molar-refractivity contribution is 0.0827. The number of nitrogens with zero attached hydrogens (tertiary/aromatic N) is 4. The topological polar surface area (TPSA) is 79.7 Å². The first kappa shape index (κ1) is 21.2. The van der Waals surface area contributed by atoms with Crippen LogP contribution < -0.4 is 10.1 Å². The zero-order chi connectivity index (χ0) is 21.8. The molecule has 0 saturated heterocycles. The van der Waals surface area contributed by atoms with E-state index < -0.39 is 0 Å². The molecular formula is C22H27N5O3. The Morgan fingerprint density at radius 3 is 2.40 bits per heavy atom. The monoisotopic (exact) mass is 409 g/mol. The Bertz CT molecular complexity index is 1060. The molecule has 158 valence electrons. The predicted molar refractivity (Wildman–Crippen MR) is 117 cm³/mol. The normalized spacial score (nSPS) is 10.7. The number of imidazole rings is 1. The van der Waals surface area contributed by atoms with E-state index in [1.54, 1.807) is 63.5 Å². The molecule has 1 heterocycles. The number of carbonyl (C=O) groups is 2. The molecule has 8 nitrogen and oxygen atoms in total. The summed E-state index contributed by atoms with van der Waals surface area (Å²) in [6.07, 6.45) is 0. The molecule has 3 aromatic rings. The highest BCUT2D eigenvalue weighted by molar-refractivity contribution is 5.97. The number of urea groups is 1. The summed E-state index contributed by atoms with van der Waals surface area (Å²) in [6, 6.07) is 12.4. The SMILES string of the molecule is CCn1c(CN(C)C(=O)Nc2ccc(OC)cc2)nc2cc(C(=O)N(C)C)ccc21. The van der Waals surface area contributed by atoms with Gasteiger partial charge in [0.15, 0.2) is 0 Å². The molecule has 2 aromatic carbocycles. The van der Waals surface area contributed by atoms with Gasteiger partial charge in [-0.15, -0.1) is 0 Å². The Balaban J connectivity index is 1.79. The van der Waals surface area contributed by atoms with Gasteiger partial charge in [-0.25, -0.2) is 9.78 Å². The number of ether oxygens (including phenoxy) is 1. The van der Waals surface area contributed by atoms with Crippen molar-refractivity contribution in [1.82, 2.24) is 19.4 Å². The number of aryl methyl sites for hydroxylation is 1. The Hall–Kier alpha value is -3.55. The minimum atomic E-state index is -0.238. The number of nitrogens with one attached hydrogen (secondary N) is 1. The van der Waals surface area contributed by atoms with Crippen LogP contribution in [0.15, 0.2) is 42.5 Å². The van der Waals surface area contributed by atoms with Crippen molar-refractivity contribution in [2.24, 2.45) is 0 Å². The number of methoxy groups -OCH3 is 1. The summed E-state index contributed by atoms with van der Waals surface area (Å²) >= 11 is 0. The van der Waals surface area contributed by atoms with Gasteiger partial charge >= 0.3 is 6.03 Å². The van der Waals surface area contributed by atoms with Gasteiger partial charge in [0.25, 0.3) is 5.91 Å². The van der Waals surface area contributed by atoms with Crippen molar-refractivity contribution in [3.05, 3.63) is 53.9 Å². The van der Waals surface area contributed by atoms with Crippen LogP contribution in [-0.2, 0) is 13.1 Å². The fourth-order valence-corrected chi connectivity index (χ4v) is 3.22. The molecule has 0 atom stereocenters. The number of aromatic nitrogens is 2. The van der Waals surface area contributed by atoms with Gasteiger partial charge in [-0.05, 0) is 49.4 Å². The number of rotatable bonds is 6. The van der Waals surface area contributed by atoms with E-state index in [1.165, 1.54) is 4.90 Å². The summed E-state index contributed by atoms with van der Waals surface area (Å²) in [5, 5.41) is 2.87. The second-order valence-electron chi connectivity index (χ2n) is 7.19. The average Bonchev–Trinajstić information content (AvgIpc) is 3.09. The van der Waals surface area contributed by atoms with Crippen molar-refractivity contribution in [2.45, 2.75) is 20.0 Å². The van der Waals surface area contributed by atoms with Crippen molar-refractivity contribution < 1.29 is 14.3 Å². The van der Waals surface area contributed by atoms with Crippen LogP contribution in [0.3, 0.4) is 0 Å². The molecule has 0 radical (unpaired) electrons. The summed E-state index contributed by atoms with van der Waals surface area (Å²) in [5.41, 5.74) is 2.95. The molecule has 0 spiro atoms. The number of hydrogen-bond donors (Lipinski definition) is 1. The summed E-state index contributed by atoms with van der Waals surface area (Å²) in [5.74, 6) is 1.42. The Morgan fingerprint density at radius 1 is 1.10 bits per heavy atom. The van der Waals surface area contributed by atoms with Crippen LogP contribution in [0.2, 0.25) is 0 Å². The molecule has 0 fully saturated rings. The van der Waals surface area contributed by atoms with Crippen molar-refractivity contribution in [1.29, 1.82) is 0 Å². The molecule has 0 aliphatic carbocycles. The molecule has 0 aliphatic rings. The fraction of sp³-hybridized carbons (Fsp3) is 0.318. The third-order valence-corrected chi connectivity index (χ3v) is 4.86. The number of amides is 3. The quantitative estimate of drug-likeness (QED) is 0.676. The van der Waals surface area contributed by atoms with E-state index in [0.717, 1.165) is 22.6 Å². The molecule has 3 amide bonds. The van der Waals surface area contributed by atoms with Crippen LogP contribution in [0, 0.1) is 0 Å². The number of hydrogen-bond acceptors (Lipinski definition) is 4. The molecule has 3 rings (SSSR count). The molecule has 1 N–H and O–H groups in total. The van der Waals surface area contributed by atoms with Gasteiger partial charge in [-0.1, -0.05) is 0 Å². The molecule has 0 unspecified atom stereocenters. The lowest BCUT2D eigenvalue weighted by Gasteiger charge is -2.18. The maximum Gasteiger partial charge on any atom is 0.321 e. The zero-order valence-electron chi connectivity index (χ0n) is 18.0. The van der Waals surface area contributed by atoms with Gasteiger partial charge in [0.05, 0.1) is 24.7 Å². The van der Waals surface area contributed by atoms with Crippen LogP contribution >= 0.6 is 0 Å².